The fourth-order valence-corrected chi connectivity index (χ4v) is 2.31. The van der Waals surface area contributed by atoms with Gasteiger partial charge in [-0.05, 0) is 40.5 Å². The maximum atomic E-state index is 4.29. The Balaban J connectivity index is 1.93. The van der Waals surface area contributed by atoms with Gasteiger partial charge < -0.3 is 4.90 Å². The van der Waals surface area contributed by atoms with Crippen molar-refractivity contribution in [2.45, 2.75) is 6.42 Å². The van der Waals surface area contributed by atoms with E-state index in [1.54, 1.807) is 11.3 Å². The summed E-state index contributed by atoms with van der Waals surface area (Å²) in [5, 5.41) is 2.11. The minimum atomic E-state index is 0.789. The van der Waals surface area contributed by atoms with Gasteiger partial charge in [-0.1, -0.05) is 6.07 Å². The van der Waals surface area contributed by atoms with Crippen molar-refractivity contribution in [3.63, 3.8) is 0 Å². The van der Waals surface area contributed by atoms with Gasteiger partial charge in [0, 0.05) is 34.4 Å². The number of thiophene rings is 1. The molecule has 0 unspecified atom stereocenters. The van der Waals surface area contributed by atoms with Crippen LogP contribution in [0.4, 0.5) is 5.95 Å². The van der Waals surface area contributed by atoms with Crippen molar-refractivity contribution in [1.82, 2.24) is 9.97 Å². The van der Waals surface area contributed by atoms with Gasteiger partial charge in [0.05, 0.1) is 0 Å². The summed E-state index contributed by atoms with van der Waals surface area (Å²) in [6.07, 6.45) is 4.72. The Kier molecular flexibility index (Phi) is 4.11. The topological polar surface area (TPSA) is 29.0 Å². The van der Waals surface area contributed by atoms with Crippen LogP contribution in [0, 0.1) is 3.57 Å². The van der Waals surface area contributed by atoms with Crippen LogP contribution in [0.3, 0.4) is 0 Å². The average molecular weight is 345 g/mol. The standard InChI is InChI=1S/C11H12IN3S/c1-15(5-4-10-3-2-6-16-10)11-13-7-9(12)8-14-11/h2-3,6-8H,4-5H2,1H3. The first-order valence-corrected chi connectivity index (χ1v) is 6.92. The first-order chi connectivity index (χ1) is 7.75. The lowest BCUT2D eigenvalue weighted by Gasteiger charge is -2.15. The summed E-state index contributed by atoms with van der Waals surface area (Å²) >= 11 is 4.00. The molecule has 0 radical (unpaired) electrons. The molecule has 0 aromatic carbocycles. The van der Waals surface area contributed by atoms with E-state index in [2.05, 4.69) is 55.0 Å². The van der Waals surface area contributed by atoms with E-state index >= 15 is 0 Å². The summed E-state index contributed by atoms with van der Waals surface area (Å²) in [4.78, 5) is 12.1. The van der Waals surface area contributed by atoms with Crippen molar-refractivity contribution in [3.8, 4) is 0 Å². The molecule has 0 atom stereocenters. The number of aromatic nitrogens is 2. The van der Waals surface area contributed by atoms with Crippen LogP contribution in [0.25, 0.3) is 0 Å². The lowest BCUT2D eigenvalue weighted by Crippen LogP contribution is -2.22. The molecule has 0 spiro atoms. The highest BCUT2D eigenvalue weighted by molar-refractivity contribution is 14.1. The molecule has 0 aliphatic carbocycles. The number of nitrogens with zero attached hydrogens (tertiary/aromatic N) is 3. The smallest absolute Gasteiger partial charge is 0.225 e. The minimum absolute atomic E-state index is 0.789. The van der Waals surface area contributed by atoms with Crippen LogP contribution < -0.4 is 4.90 Å². The van der Waals surface area contributed by atoms with Crippen LogP contribution in [-0.2, 0) is 6.42 Å². The Morgan fingerprint density at radius 1 is 1.38 bits per heavy atom. The molecule has 2 rings (SSSR count). The molecule has 0 fully saturated rings. The highest BCUT2D eigenvalue weighted by atomic mass is 127. The molecule has 3 nitrogen and oxygen atoms in total. The summed E-state index contributed by atoms with van der Waals surface area (Å²) in [6, 6.07) is 4.24. The van der Waals surface area contributed by atoms with Gasteiger partial charge in [0.1, 0.15) is 0 Å². The monoisotopic (exact) mass is 345 g/mol. The largest absolute Gasteiger partial charge is 0.344 e. The predicted molar refractivity (Wildman–Crippen MR) is 76.0 cm³/mol. The highest BCUT2D eigenvalue weighted by Crippen LogP contribution is 2.11. The van der Waals surface area contributed by atoms with Crippen molar-refractivity contribution >= 4 is 39.9 Å². The second-order valence-corrected chi connectivity index (χ2v) is 5.73. The van der Waals surface area contributed by atoms with Crippen LogP contribution >= 0.6 is 33.9 Å². The van der Waals surface area contributed by atoms with Crippen LogP contribution in [0.2, 0.25) is 0 Å². The average Bonchev–Trinajstić information content (AvgIpc) is 2.80. The zero-order chi connectivity index (χ0) is 11.4. The molecular formula is C11H12IN3S. The Morgan fingerprint density at radius 2 is 2.12 bits per heavy atom. The van der Waals surface area contributed by atoms with Crippen molar-refractivity contribution in [1.29, 1.82) is 0 Å². The van der Waals surface area contributed by atoms with Gasteiger partial charge in [0.25, 0.3) is 0 Å². The van der Waals surface area contributed by atoms with E-state index in [0.29, 0.717) is 0 Å². The van der Waals surface area contributed by atoms with Gasteiger partial charge in [-0.15, -0.1) is 11.3 Å². The van der Waals surface area contributed by atoms with Gasteiger partial charge in [-0.3, -0.25) is 0 Å². The third-order valence-corrected chi connectivity index (χ3v) is 3.72. The van der Waals surface area contributed by atoms with Crippen LogP contribution in [0.5, 0.6) is 0 Å². The number of hydrogen-bond acceptors (Lipinski definition) is 4. The van der Waals surface area contributed by atoms with E-state index in [0.717, 1.165) is 22.5 Å². The van der Waals surface area contributed by atoms with Gasteiger partial charge in [-0.2, -0.15) is 0 Å². The van der Waals surface area contributed by atoms with Gasteiger partial charge in [0.15, 0.2) is 0 Å². The number of hydrogen-bond donors (Lipinski definition) is 0. The van der Waals surface area contributed by atoms with E-state index < -0.39 is 0 Å². The SMILES string of the molecule is CN(CCc1cccs1)c1ncc(I)cn1. The molecule has 5 heteroatoms. The lowest BCUT2D eigenvalue weighted by molar-refractivity contribution is 0.844. The van der Waals surface area contributed by atoms with E-state index in [9.17, 15) is 0 Å². The molecule has 84 valence electrons. The zero-order valence-electron chi connectivity index (χ0n) is 8.93. The molecule has 0 amide bonds. The molecule has 16 heavy (non-hydrogen) atoms. The van der Waals surface area contributed by atoms with Crippen molar-refractivity contribution in [2.24, 2.45) is 0 Å². The lowest BCUT2D eigenvalue weighted by atomic mass is 10.3. The first kappa shape index (κ1) is 11.8. The maximum absolute atomic E-state index is 4.29. The Hall–Kier alpha value is -0.690. The van der Waals surface area contributed by atoms with E-state index in [4.69, 9.17) is 0 Å². The van der Waals surface area contributed by atoms with Crippen molar-refractivity contribution < 1.29 is 0 Å². The summed E-state index contributed by atoms with van der Waals surface area (Å²) in [6.45, 7) is 0.946. The zero-order valence-corrected chi connectivity index (χ0v) is 11.9. The highest BCUT2D eigenvalue weighted by Gasteiger charge is 2.04. The van der Waals surface area contributed by atoms with Crippen LogP contribution in [0.1, 0.15) is 4.88 Å². The Bertz CT molecular complexity index is 427. The maximum Gasteiger partial charge on any atom is 0.225 e. The Morgan fingerprint density at radius 3 is 2.75 bits per heavy atom. The molecule has 0 saturated heterocycles. The fraction of sp³-hybridized carbons (Fsp3) is 0.273. The minimum Gasteiger partial charge on any atom is -0.344 e. The number of anilines is 1. The molecule has 0 saturated carbocycles. The van der Waals surface area contributed by atoms with Crippen molar-refractivity contribution in [3.05, 3.63) is 38.4 Å². The number of likely N-dealkylation sites (N-methyl/N-ethyl adjacent to an activating group) is 1. The molecule has 2 aromatic heterocycles. The normalized spacial score (nSPS) is 10.4. The summed E-state index contributed by atoms with van der Waals surface area (Å²) < 4.78 is 1.06. The Labute approximate surface area is 113 Å². The van der Waals surface area contributed by atoms with Gasteiger partial charge in [0.2, 0.25) is 5.95 Å². The summed E-state index contributed by atoms with van der Waals surface area (Å²) in [7, 11) is 2.02. The van der Waals surface area contributed by atoms with Crippen LogP contribution in [-0.4, -0.2) is 23.6 Å². The van der Waals surface area contributed by atoms with E-state index in [1.165, 1.54) is 4.88 Å². The second kappa shape index (κ2) is 5.58. The number of rotatable bonds is 4. The van der Waals surface area contributed by atoms with Gasteiger partial charge in [-0.25, -0.2) is 9.97 Å². The summed E-state index contributed by atoms with van der Waals surface area (Å²) in [5.74, 6) is 0.789. The number of halogens is 1. The van der Waals surface area contributed by atoms with Crippen LogP contribution in [0.15, 0.2) is 29.9 Å². The molecule has 0 aliphatic rings. The van der Waals surface area contributed by atoms with E-state index in [-0.39, 0.29) is 0 Å². The predicted octanol–water partition coefficient (Wildman–Crippen LogP) is 2.82. The van der Waals surface area contributed by atoms with Gasteiger partial charge >= 0.3 is 0 Å². The fourth-order valence-electron chi connectivity index (χ4n) is 1.34. The van der Waals surface area contributed by atoms with E-state index in [1.807, 2.05) is 19.4 Å². The summed E-state index contributed by atoms with van der Waals surface area (Å²) in [5.41, 5.74) is 0. The molecule has 0 aliphatic heterocycles. The second-order valence-electron chi connectivity index (χ2n) is 3.45. The molecule has 0 N–H and O–H groups in total. The molecule has 2 heterocycles. The third kappa shape index (κ3) is 3.15. The molecule has 2 aromatic rings. The first-order valence-electron chi connectivity index (χ1n) is 4.97. The molecule has 0 bridgehead atoms. The quantitative estimate of drug-likeness (QED) is 0.798. The van der Waals surface area contributed by atoms with Crippen molar-refractivity contribution in [2.75, 3.05) is 18.5 Å². The molecular weight excluding hydrogens is 333 g/mol. The third-order valence-electron chi connectivity index (χ3n) is 2.22.